The van der Waals surface area contributed by atoms with E-state index in [1.165, 1.54) is 13.3 Å². The van der Waals surface area contributed by atoms with Crippen LogP contribution in [0.25, 0.3) is 0 Å². The highest BCUT2D eigenvalue weighted by Gasteiger charge is 2.35. The molecule has 0 N–H and O–H groups in total. The van der Waals surface area contributed by atoms with E-state index >= 15 is 0 Å². The Kier molecular flexibility index (Phi) is 3.40. The van der Waals surface area contributed by atoms with Crippen molar-refractivity contribution in [3.63, 3.8) is 0 Å². The third kappa shape index (κ3) is 2.11. The van der Waals surface area contributed by atoms with Crippen molar-refractivity contribution >= 4 is 17.5 Å². The van der Waals surface area contributed by atoms with Gasteiger partial charge in [-0.2, -0.15) is 0 Å². The summed E-state index contributed by atoms with van der Waals surface area (Å²) in [5.74, 6) is -0.598. The maximum absolute atomic E-state index is 11.6. The molecule has 0 saturated carbocycles. The van der Waals surface area contributed by atoms with E-state index in [0.29, 0.717) is 18.7 Å². The molecule has 7 heteroatoms. The summed E-state index contributed by atoms with van der Waals surface area (Å²) in [7, 11) is 1.32. The average Bonchev–Trinajstić information content (AvgIpc) is 2.86. The Labute approximate surface area is 104 Å². The molecule has 1 aromatic heterocycles. The lowest BCUT2D eigenvalue weighted by molar-refractivity contribution is -0.388. The molecule has 1 fully saturated rings. The van der Waals surface area contributed by atoms with E-state index in [-0.39, 0.29) is 11.8 Å². The molecule has 0 aliphatic carbocycles. The smallest absolute Gasteiger partial charge is 0.387 e. The van der Waals surface area contributed by atoms with Gasteiger partial charge in [0.15, 0.2) is 0 Å². The fraction of sp³-hybridized carbons (Fsp3) is 0.455. The fourth-order valence-electron chi connectivity index (χ4n) is 2.19. The first-order chi connectivity index (χ1) is 8.65. The highest BCUT2D eigenvalue weighted by atomic mass is 16.6. The highest BCUT2D eigenvalue weighted by Crippen LogP contribution is 2.31. The number of methoxy groups -OCH3 is 1. The monoisotopic (exact) mass is 251 g/mol. The number of ether oxygens (including phenoxy) is 1. The average molecular weight is 251 g/mol. The van der Waals surface area contributed by atoms with Gasteiger partial charge in [0, 0.05) is 6.54 Å². The van der Waals surface area contributed by atoms with Gasteiger partial charge in [-0.3, -0.25) is 0 Å². The maximum atomic E-state index is 11.6. The topological polar surface area (TPSA) is 85.6 Å². The lowest BCUT2D eigenvalue weighted by Crippen LogP contribution is -2.37. The molecule has 1 aliphatic rings. The fourth-order valence-corrected chi connectivity index (χ4v) is 2.19. The third-order valence-electron chi connectivity index (χ3n) is 2.97. The first-order valence-corrected chi connectivity index (χ1v) is 5.59. The van der Waals surface area contributed by atoms with Gasteiger partial charge < -0.3 is 19.8 Å². The van der Waals surface area contributed by atoms with Gasteiger partial charge in [0.2, 0.25) is 0 Å². The number of nitro groups is 1. The molecule has 0 aromatic carbocycles. The van der Waals surface area contributed by atoms with Crippen molar-refractivity contribution in [1.82, 2.24) is 4.98 Å². The normalized spacial score (nSPS) is 18.7. The van der Waals surface area contributed by atoms with Gasteiger partial charge >= 0.3 is 11.8 Å². The summed E-state index contributed by atoms with van der Waals surface area (Å²) < 4.78 is 4.72. The van der Waals surface area contributed by atoms with Crippen LogP contribution in [-0.4, -0.2) is 35.6 Å². The molecule has 7 nitrogen and oxygen atoms in total. The molecule has 1 aliphatic heterocycles. The van der Waals surface area contributed by atoms with Gasteiger partial charge in [-0.05, 0) is 34.9 Å². The van der Waals surface area contributed by atoms with E-state index in [9.17, 15) is 14.9 Å². The summed E-state index contributed by atoms with van der Waals surface area (Å²) in [4.78, 5) is 27.5. The second kappa shape index (κ2) is 4.99. The molecule has 0 spiro atoms. The molecule has 96 valence electrons. The Morgan fingerprint density at radius 1 is 1.67 bits per heavy atom. The Morgan fingerprint density at radius 3 is 3.11 bits per heavy atom. The number of anilines is 1. The van der Waals surface area contributed by atoms with Gasteiger partial charge in [0.1, 0.15) is 17.9 Å². The number of aromatic nitrogens is 1. The van der Waals surface area contributed by atoms with Crippen LogP contribution in [0.1, 0.15) is 12.8 Å². The van der Waals surface area contributed by atoms with E-state index in [4.69, 9.17) is 4.74 Å². The summed E-state index contributed by atoms with van der Waals surface area (Å²) in [5, 5.41) is 10.9. The van der Waals surface area contributed by atoms with Crippen LogP contribution < -0.4 is 4.90 Å². The van der Waals surface area contributed by atoms with Gasteiger partial charge in [-0.25, -0.2) is 4.79 Å². The van der Waals surface area contributed by atoms with Crippen molar-refractivity contribution in [2.24, 2.45) is 0 Å². The van der Waals surface area contributed by atoms with Crippen LogP contribution in [0.4, 0.5) is 11.5 Å². The molecule has 1 saturated heterocycles. The molecule has 18 heavy (non-hydrogen) atoms. The molecule has 1 aromatic rings. The second-order valence-electron chi connectivity index (χ2n) is 3.98. The minimum absolute atomic E-state index is 0.228. The standard InChI is InChI=1S/C11H13N3O4/c1-18-11(15)9-5-3-7-13(9)8-4-2-6-12-10(8)14(16)17/h2,4,6,9H,3,5,7H2,1H3. The maximum Gasteiger partial charge on any atom is 0.387 e. The number of hydrogen-bond acceptors (Lipinski definition) is 6. The zero-order chi connectivity index (χ0) is 13.1. The number of rotatable bonds is 3. The summed E-state index contributed by atoms with van der Waals surface area (Å²) >= 11 is 0. The van der Waals surface area contributed by atoms with E-state index < -0.39 is 11.0 Å². The van der Waals surface area contributed by atoms with E-state index in [1.54, 1.807) is 17.0 Å². The summed E-state index contributed by atoms with van der Waals surface area (Å²) in [5.41, 5.74) is 0.371. The van der Waals surface area contributed by atoms with Crippen molar-refractivity contribution in [3.8, 4) is 0 Å². The Hall–Kier alpha value is -2.18. The molecule has 1 atom stereocenters. The summed E-state index contributed by atoms with van der Waals surface area (Å²) in [6.07, 6.45) is 2.80. The summed E-state index contributed by atoms with van der Waals surface area (Å²) in [6, 6.07) is 2.76. The van der Waals surface area contributed by atoms with Gasteiger partial charge in [-0.15, -0.1) is 0 Å². The van der Waals surface area contributed by atoms with Crippen LogP contribution >= 0.6 is 0 Å². The Bertz CT molecular complexity index is 477. The van der Waals surface area contributed by atoms with E-state index in [0.717, 1.165) is 6.42 Å². The number of esters is 1. The van der Waals surface area contributed by atoms with Gasteiger partial charge in [-0.1, -0.05) is 0 Å². The van der Waals surface area contributed by atoms with Gasteiger partial charge in [0.05, 0.1) is 7.11 Å². The van der Waals surface area contributed by atoms with Crippen LogP contribution in [0.5, 0.6) is 0 Å². The molecule has 0 bridgehead atoms. The van der Waals surface area contributed by atoms with Crippen molar-refractivity contribution < 1.29 is 14.5 Å². The molecule has 0 radical (unpaired) electrons. The van der Waals surface area contributed by atoms with E-state index in [2.05, 4.69) is 4.98 Å². The van der Waals surface area contributed by atoms with Crippen LogP contribution in [-0.2, 0) is 9.53 Å². The van der Waals surface area contributed by atoms with Crippen molar-refractivity contribution in [3.05, 3.63) is 28.4 Å². The predicted molar refractivity (Wildman–Crippen MR) is 63.3 cm³/mol. The van der Waals surface area contributed by atoms with Gasteiger partial charge in [0.25, 0.3) is 0 Å². The number of carbonyl (C=O) groups is 1. The van der Waals surface area contributed by atoms with E-state index in [1.807, 2.05) is 0 Å². The molecule has 2 heterocycles. The largest absolute Gasteiger partial charge is 0.467 e. The zero-order valence-electron chi connectivity index (χ0n) is 9.91. The minimum atomic E-state index is -0.540. The lowest BCUT2D eigenvalue weighted by Gasteiger charge is -2.23. The first kappa shape index (κ1) is 12.3. The first-order valence-electron chi connectivity index (χ1n) is 5.59. The van der Waals surface area contributed by atoms with Crippen molar-refractivity contribution in [1.29, 1.82) is 0 Å². The zero-order valence-corrected chi connectivity index (χ0v) is 9.91. The SMILES string of the molecule is COC(=O)C1CCCN1c1cccnc1[N+](=O)[O-]. The second-order valence-corrected chi connectivity index (χ2v) is 3.98. The molecular formula is C11H13N3O4. The number of nitrogens with zero attached hydrogens (tertiary/aromatic N) is 3. The van der Waals surface area contributed by atoms with Crippen LogP contribution in [0, 0.1) is 10.1 Å². The molecule has 0 amide bonds. The van der Waals surface area contributed by atoms with Crippen LogP contribution in [0.2, 0.25) is 0 Å². The van der Waals surface area contributed by atoms with Crippen molar-refractivity contribution in [2.75, 3.05) is 18.6 Å². The number of pyridine rings is 1. The number of carbonyl (C=O) groups excluding carboxylic acids is 1. The summed E-state index contributed by atoms with van der Waals surface area (Å²) in [6.45, 7) is 0.590. The molecule has 1 unspecified atom stereocenters. The Morgan fingerprint density at radius 2 is 2.44 bits per heavy atom. The van der Waals surface area contributed by atoms with Crippen LogP contribution in [0.3, 0.4) is 0 Å². The Balaban J connectivity index is 2.36. The highest BCUT2D eigenvalue weighted by molar-refractivity contribution is 5.81. The molecular weight excluding hydrogens is 238 g/mol. The third-order valence-corrected chi connectivity index (χ3v) is 2.97. The van der Waals surface area contributed by atoms with Crippen LogP contribution in [0.15, 0.2) is 18.3 Å². The predicted octanol–water partition coefficient (Wildman–Crippen LogP) is 1.13. The minimum Gasteiger partial charge on any atom is -0.467 e. The molecule has 2 rings (SSSR count). The quantitative estimate of drug-likeness (QED) is 0.455. The number of hydrogen-bond donors (Lipinski definition) is 0. The van der Waals surface area contributed by atoms with Crippen molar-refractivity contribution in [2.45, 2.75) is 18.9 Å². The lowest BCUT2D eigenvalue weighted by atomic mass is 10.2.